The molecule has 4 aromatic carbocycles. The van der Waals surface area contributed by atoms with Gasteiger partial charge in [0.15, 0.2) is 0 Å². The van der Waals surface area contributed by atoms with Gasteiger partial charge in [-0.15, -0.1) is 24.0 Å². The Balaban J connectivity index is 0.00000289. The van der Waals surface area contributed by atoms with E-state index in [9.17, 15) is 0 Å². The molecule has 5 rings (SSSR count). The van der Waals surface area contributed by atoms with Crippen molar-refractivity contribution in [3.63, 3.8) is 0 Å². The normalized spacial score (nSPS) is 10.3. The summed E-state index contributed by atoms with van der Waals surface area (Å²) in [5.74, 6) is 0. The van der Waals surface area contributed by atoms with E-state index in [1.54, 1.807) is 0 Å². The van der Waals surface area contributed by atoms with E-state index in [1.165, 1.54) is 44.5 Å². The predicted octanol–water partition coefficient (Wildman–Crippen LogP) is 8.49. The van der Waals surface area contributed by atoms with Crippen LogP contribution in [-0.4, -0.2) is 4.98 Å². The molecule has 0 spiro atoms. The molecule has 0 amide bonds. The molecule has 1 heterocycles. The zero-order chi connectivity index (χ0) is 23.0. The van der Waals surface area contributed by atoms with Gasteiger partial charge in [-0.2, -0.15) is 0 Å². The maximum absolute atomic E-state index is 4.12. The largest absolute Gasteiger partial charge is 0.265 e. The molecule has 0 radical (unpaired) electrons. The number of aromatic nitrogens is 1. The zero-order valence-electron chi connectivity index (χ0n) is 19.5. The number of aryl methyl sites for hydroxylation is 2. The topological polar surface area (TPSA) is 12.9 Å². The third kappa shape index (κ3) is 6.14. The Kier molecular flexibility index (Phi) is 8.63. The van der Waals surface area contributed by atoms with E-state index in [2.05, 4.69) is 132 Å². The van der Waals surface area contributed by atoms with Crippen LogP contribution in [0, 0.1) is 0 Å². The Bertz CT molecular complexity index is 1300. The summed E-state index contributed by atoms with van der Waals surface area (Å²) in [5, 5.41) is 0. The molecule has 0 unspecified atom stereocenters. The van der Waals surface area contributed by atoms with Crippen molar-refractivity contribution in [2.24, 2.45) is 0 Å². The second-order valence-corrected chi connectivity index (χ2v) is 8.40. The second-order valence-electron chi connectivity index (χ2n) is 8.40. The molecule has 1 aromatic heterocycles. The summed E-state index contributed by atoms with van der Waals surface area (Å²) in [6.45, 7) is 0. The fraction of sp³-hybridized carbons (Fsp3) is 0.0606. The van der Waals surface area contributed by atoms with E-state index in [4.69, 9.17) is 0 Å². The van der Waals surface area contributed by atoms with E-state index < -0.39 is 0 Å². The lowest BCUT2D eigenvalue weighted by atomic mass is 9.85. The van der Waals surface area contributed by atoms with Crippen LogP contribution in [0.1, 0.15) is 33.4 Å². The van der Waals surface area contributed by atoms with Crippen molar-refractivity contribution in [3.05, 3.63) is 173 Å². The van der Waals surface area contributed by atoms with Gasteiger partial charge < -0.3 is 0 Å². The highest BCUT2D eigenvalue weighted by Crippen LogP contribution is 2.36. The third-order valence-corrected chi connectivity index (χ3v) is 6.13. The molecule has 0 aliphatic carbocycles. The summed E-state index contributed by atoms with van der Waals surface area (Å²) in [6.07, 6.45) is 5.76. The molecule has 0 aliphatic rings. The Morgan fingerprint density at radius 3 is 1.14 bits per heavy atom. The van der Waals surface area contributed by atoms with Crippen LogP contribution in [0.4, 0.5) is 0 Å². The molecule has 0 atom stereocenters. The summed E-state index contributed by atoms with van der Waals surface area (Å²) in [4.78, 5) is 4.12. The van der Waals surface area contributed by atoms with Crippen LogP contribution in [0.2, 0.25) is 0 Å². The average Bonchev–Trinajstić information content (AvgIpc) is 2.93. The Morgan fingerprint density at radius 2 is 0.743 bits per heavy atom. The Morgan fingerprint density at radius 1 is 0.400 bits per heavy atom. The molecule has 0 saturated heterocycles. The molecule has 0 bridgehead atoms. The van der Waals surface area contributed by atoms with Crippen LogP contribution in [-0.2, 0) is 12.8 Å². The lowest BCUT2D eigenvalue weighted by molar-refractivity contribution is 0.955. The van der Waals surface area contributed by atoms with Gasteiger partial charge in [-0.25, -0.2) is 0 Å². The lowest BCUT2D eigenvalue weighted by Crippen LogP contribution is -1.98. The number of halogens is 1. The van der Waals surface area contributed by atoms with Gasteiger partial charge in [0.1, 0.15) is 0 Å². The van der Waals surface area contributed by atoms with Gasteiger partial charge >= 0.3 is 0 Å². The van der Waals surface area contributed by atoms with Gasteiger partial charge in [-0.1, -0.05) is 115 Å². The molecule has 2 heteroatoms. The summed E-state index contributed by atoms with van der Waals surface area (Å²) >= 11 is 0. The number of pyridine rings is 1. The summed E-state index contributed by atoms with van der Waals surface area (Å²) in [6, 6.07) is 45.4. The highest BCUT2D eigenvalue weighted by molar-refractivity contribution is 14.0. The minimum Gasteiger partial charge on any atom is -0.265 e. The van der Waals surface area contributed by atoms with Gasteiger partial charge in [0.2, 0.25) is 0 Å². The molecule has 0 saturated carbocycles. The fourth-order valence-corrected chi connectivity index (χ4v) is 4.40. The molecule has 0 fully saturated rings. The van der Waals surface area contributed by atoms with Crippen molar-refractivity contribution in [2.45, 2.75) is 12.8 Å². The van der Waals surface area contributed by atoms with E-state index in [1.807, 2.05) is 12.4 Å². The monoisotopic (exact) mass is 565 g/mol. The number of rotatable bonds is 7. The third-order valence-electron chi connectivity index (χ3n) is 6.13. The van der Waals surface area contributed by atoms with Crippen molar-refractivity contribution in [1.29, 1.82) is 0 Å². The minimum atomic E-state index is 0. The smallest absolute Gasteiger partial charge is 0.0270 e. The first-order valence-corrected chi connectivity index (χ1v) is 11.8. The number of nitrogens with zero attached hydrogens (tertiary/aromatic N) is 1. The van der Waals surface area contributed by atoms with Crippen molar-refractivity contribution < 1.29 is 0 Å². The molecule has 172 valence electrons. The van der Waals surface area contributed by atoms with Crippen molar-refractivity contribution in [1.82, 2.24) is 4.98 Å². The first kappa shape index (κ1) is 24.6. The Hall–Kier alpha value is -3.50. The molecule has 1 nitrogen and oxygen atoms in total. The SMILES string of the molecule is I.c1ccc(C(=C(c2ccccc2)c2ccc(CCc3ccncc3)cc2)c2ccccc2)cc1. The second kappa shape index (κ2) is 12.3. The first-order chi connectivity index (χ1) is 16.9. The van der Waals surface area contributed by atoms with Crippen LogP contribution in [0.3, 0.4) is 0 Å². The summed E-state index contributed by atoms with van der Waals surface area (Å²) in [7, 11) is 0. The van der Waals surface area contributed by atoms with Crippen LogP contribution < -0.4 is 0 Å². The highest BCUT2D eigenvalue weighted by atomic mass is 127. The van der Waals surface area contributed by atoms with Crippen LogP contribution in [0.25, 0.3) is 11.1 Å². The molecule has 35 heavy (non-hydrogen) atoms. The molecule has 5 aromatic rings. The Labute approximate surface area is 225 Å². The van der Waals surface area contributed by atoms with Gasteiger partial charge in [-0.3, -0.25) is 4.98 Å². The van der Waals surface area contributed by atoms with Crippen molar-refractivity contribution in [3.8, 4) is 0 Å². The van der Waals surface area contributed by atoms with Crippen LogP contribution >= 0.6 is 24.0 Å². The number of hydrogen-bond donors (Lipinski definition) is 0. The lowest BCUT2D eigenvalue weighted by Gasteiger charge is -2.18. The van der Waals surface area contributed by atoms with Gasteiger partial charge in [0.25, 0.3) is 0 Å². The van der Waals surface area contributed by atoms with E-state index in [0.29, 0.717) is 0 Å². The van der Waals surface area contributed by atoms with Gasteiger partial charge in [0, 0.05) is 12.4 Å². The van der Waals surface area contributed by atoms with E-state index >= 15 is 0 Å². The van der Waals surface area contributed by atoms with Crippen molar-refractivity contribution >= 4 is 35.1 Å². The zero-order valence-corrected chi connectivity index (χ0v) is 21.9. The molecule has 0 aliphatic heterocycles. The maximum Gasteiger partial charge on any atom is 0.0270 e. The predicted molar refractivity (Wildman–Crippen MR) is 158 cm³/mol. The van der Waals surface area contributed by atoms with E-state index in [-0.39, 0.29) is 24.0 Å². The molecular weight excluding hydrogens is 537 g/mol. The van der Waals surface area contributed by atoms with Crippen molar-refractivity contribution in [2.75, 3.05) is 0 Å². The molecular formula is C33H28IN. The number of hydrogen-bond acceptors (Lipinski definition) is 1. The fourth-order valence-electron chi connectivity index (χ4n) is 4.40. The average molecular weight is 565 g/mol. The first-order valence-electron chi connectivity index (χ1n) is 11.8. The number of benzene rings is 4. The highest BCUT2D eigenvalue weighted by Gasteiger charge is 2.15. The summed E-state index contributed by atoms with van der Waals surface area (Å²) in [5.41, 5.74) is 10.0. The maximum atomic E-state index is 4.12. The standard InChI is InChI=1S/C33H27N.HI/c1-4-10-28(11-5-1)32(29-12-6-2-7-13-29)33(30-14-8-3-9-15-30)31-20-18-26(19-21-31)16-17-27-22-24-34-25-23-27;/h1-15,18-25H,16-17H2;1H. The minimum absolute atomic E-state index is 0. The molecule has 0 N–H and O–H groups in total. The van der Waals surface area contributed by atoms with E-state index in [0.717, 1.165) is 12.8 Å². The van der Waals surface area contributed by atoms with Gasteiger partial charge in [-0.05, 0) is 69.5 Å². The van der Waals surface area contributed by atoms with Gasteiger partial charge in [0.05, 0.1) is 0 Å². The summed E-state index contributed by atoms with van der Waals surface area (Å²) < 4.78 is 0. The van der Waals surface area contributed by atoms with Crippen LogP contribution in [0.5, 0.6) is 0 Å². The van der Waals surface area contributed by atoms with Crippen LogP contribution in [0.15, 0.2) is 140 Å². The quantitative estimate of drug-likeness (QED) is 0.143.